The molecule has 0 saturated heterocycles. The van der Waals surface area contributed by atoms with Crippen molar-refractivity contribution in [2.45, 2.75) is 91.9 Å². The van der Waals surface area contributed by atoms with Gasteiger partial charge in [-0.05, 0) is 0 Å². The van der Waals surface area contributed by atoms with Gasteiger partial charge in [0.15, 0.2) is 0 Å². The second kappa shape index (κ2) is 10.3. The van der Waals surface area contributed by atoms with Crippen LogP contribution in [-0.4, -0.2) is 23.2 Å². The van der Waals surface area contributed by atoms with Gasteiger partial charge in [-0.3, -0.25) is 0 Å². The van der Waals surface area contributed by atoms with Crippen molar-refractivity contribution in [3.63, 3.8) is 0 Å². The number of rotatable bonds is 4. The van der Waals surface area contributed by atoms with Gasteiger partial charge in [-0.1, -0.05) is 61.8 Å². The molecule has 0 spiro atoms. The Balaban J connectivity index is -0.000000709. The predicted octanol–water partition coefficient (Wildman–Crippen LogP) is 5.34. The molecular weight excluding hydrogens is 274 g/mol. The largest absolute Gasteiger partial charge is 0.655 e. The van der Waals surface area contributed by atoms with Gasteiger partial charge in [0.1, 0.15) is 0 Å². The van der Waals surface area contributed by atoms with Gasteiger partial charge in [0.25, 0.3) is 0 Å². The fourth-order valence-electron chi connectivity index (χ4n) is 1.92. The Bertz CT molecular complexity index is 160. The van der Waals surface area contributed by atoms with E-state index in [4.69, 9.17) is 10.6 Å². The van der Waals surface area contributed by atoms with Crippen LogP contribution in [0.2, 0.25) is 0 Å². The summed E-state index contributed by atoms with van der Waals surface area (Å²) >= 11 is 0. The van der Waals surface area contributed by atoms with Crippen molar-refractivity contribution in [1.82, 2.24) is 0 Å². The van der Waals surface area contributed by atoms with Crippen molar-refractivity contribution in [3.05, 3.63) is 17.6 Å². The Morgan fingerprint density at radius 1 is 0.778 bits per heavy atom. The van der Waals surface area contributed by atoms with Crippen molar-refractivity contribution >= 4 is 0 Å². The normalized spacial score (nSPS) is 15.0. The quantitative estimate of drug-likeness (QED) is 0.496. The molecule has 0 aliphatic heterocycles. The molecule has 0 aliphatic rings. The average molecular weight is 307 g/mol. The monoisotopic (exact) mass is 305 g/mol. The number of nitrogens with zero attached hydrogens (tertiary/aromatic N) is 2. The molecule has 2 atom stereocenters. The first-order valence-electron chi connectivity index (χ1n) is 6.64. The van der Waals surface area contributed by atoms with Gasteiger partial charge in [-0.25, -0.2) is 0 Å². The van der Waals surface area contributed by atoms with E-state index in [2.05, 4.69) is 62.3 Å². The fourth-order valence-corrected chi connectivity index (χ4v) is 1.92. The minimum absolute atomic E-state index is 0. The van der Waals surface area contributed by atoms with Crippen molar-refractivity contribution < 1.29 is 19.5 Å². The molecule has 0 bridgehead atoms. The predicted molar refractivity (Wildman–Crippen MR) is 80.8 cm³/mol. The summed E-state index contributed by atoms with van der Waals surface area (Å²) in [6, 6.07) is 0.789. The zero-order chi connectivity index (χ0) is 14.3. The van der Waals surface area contributed by atoms with E-state index in [0.29, 0.717) is 12.1 Å². The molecule has 0 aromatic carbocycles. The summed E-state index contributed by atoms with van der Waals surface area (Å²) in [5.41, 5.74) is 0.141. The van der Waals surface area contributed by atoms with Crippen molar-refractivity contribution in [3.8, 4) is 0 Å². The fraction of sp³-hybridized carbons (Fsp3) is 0.933. The zero-order valence-electron chi connectivity index (χ0n) is 14.2. The van der Waals surface area contributed by atoms with Gasteiger partial charge in [0, 0.05) is 19.5 Å². The van der Waals surface area contributed by atoms with Crippen LogP contribution >= 0.6 is 0 Å². The summed E-state index contributed by atoms with van der Waals surface area (Å²) < 4.78 is 0. The average Bonchev–Trinajstić information content (AvgIpc) is 1.99. The van der Waals surface area contributed by atoms with Crippen LogP contribution in [0.3, 0.4) is 0 Å². The van der Waals surface area contributed by atoms with E-state index < -0.39 is 0 Å². The minimum atomic E-state index is 0. The third-order valence-electron chi connectivity index (χ3n) is 1.90. The van der Waals surface area contributed by atoms with Crippen molar-refractivity contribution in [2.75, 3.05) is 0 Å². The first-order valence-corrected chi connectivity index (χ1v) is 6.64. The Morgan fingerprint density at radius 3 is 1.17 bits per heavy atom. The molecule has 0 rings (SSSR count). The van der Waals surface area contributed by atoms with Gasteiger partial charge in [0.2, 0.25) is 0 Å². The Kier molecular flexibility index (Phi) is 13.6. The molecule has 108 valence electrons. The van der Waals surface area contributed by atoms with Crippen LogP contribution in [0.5, 0.6) is 0 Å². The maximum absolute atomic E-state index is 4.72. The second-order valence-corrected chi connectivity index (χ2v) is 6.53. The van der Waals surface area contributed by atoms with Crippen LogP contribution in [0.1, 0.15) is 68.7 Å². The molecule has 0 aromatic rings. The smallest absolute Gasteiger partial charge is 0 e. The van der Waals surface area contributed by atoms with Crippen LogP contribution in [0, 0.1) is 6.92 Å². The summed E-state index contributed by atoms with van der Waals surface area (Å²) in [6.45, 7) is 22.2. The summed E-state index contributed by atoms with van der Waals surface area (Å²) in [5.74, 6) is 0. The maximum Gasteiger partial charge on any atom is 0 e. The van der Waals surface area contributed by atoms with Gasteiger partial charge in [-0.2, -0.15) is 6.92 Å². The van der Waals surface area contributed by atoms with Crippen LogP contribution in [0.25, 0.3) is 10.6 Å². The molecule has 3 heteroatoms. The summed E-state index contributed by atoms with van der Waals surface area (Å²) in [7, 11) is 0. The van der Waals surface area contributed by atoms with Crippen molar-refractivity contribution in [1.29, 1.82) is 0 Å². The van der Waals surface area contributed by atoms with Gasteiger partial charge < -0.3 is 17.6 Å². The van der Waals surface area contributed by atoms with E-state index >= 15 is 0 Å². The van der Waals surface area contributed by atoms with Crippen molar-refractivity contribution in [2.24, 2.45) is 0 Å². The molecule has 0 radical (unpaired) electrons. The van der Waals surface area contributed by atoms with Gasteiger partial charge >= 0.3 is 0 Å². The standard InChI is InChI=1S/C13H28N2.C2H5.Zn/c1-10(14-12(3,4)5)9-11(2)15-13(6,7)8;1-2;/h10-11H,9H2,1-8H3;1H2,2H3;/q-2;-1;. The first-order chi connectivity index (χ1) is 7.49. The summed E-state index contributed by atoms with van der Waals surface area (Å²) in [6.07, 6.45) is 1.05. The van der Waals surface area contributed by atoms with Gasteiger partial charge in [0.05, 0.1) is 0 Å². The van der Waals surface area contributed by atoms with Crippen LogP contribution in [0.4, 0.5) is 0 Å². The third-order valence-corrected chi connectivity index (χ3v) is 1.90. The van der Waals surface area contributed by atoms with E-state index in [0.717, 1.165) is 6.42 Å². The molecule has 0 fully saturated rings. The minimum Gasteiger partial charge on any atom is -0.655 e. The summed E-state index contributed by atoms with van der Waals surface area (Å²) in [5, 5.41) is 9.44. The molecule has 2 unspecified atom stereocenters. The molecule has 0 aliphatic carbocycles. The molecule has 0 N–H and O–H groups in total. The zero-order valence-corrected chi connectivity index (χ0v) is 17.1. The molecule has 0 saturated carbocycles. The molecule has 0 aromatic heterocycles. The molecule has 2 nitrogen and oxygen atoms in total. The Labute approximate surface area is 129 Å². The maximum atomic E-state index is 4.72. The van der Waals surface area contributed by atoms with E-state index in [-0.39, 0.29) is 30.6 Å². The molecule has 18 heavy (non-hydrogen) atoms. The van der Waals surface area contributed by atoms with Gasteiger partial charge in [-0.15, -0.1) is 23.2 Å². The third kappa shape index (κ3) is 18.9. The number of hydrogen-bond donors (Lipinski definition) is 0. The second-order valence-electron chi connectivity index (χ2n) is 6.53. The SMILES string of the molecule is CC(CC(C)[N-]C(C)(C)C)[N-]C(C)(C)C.[CH2-]C.[Zn]. The van der Waals surface area contributed by atoms with Crippen LogP contribution < -0.4 is 0 Å². The van der Waals surface area contributed by atoms with Crippen LogP contribution in [0.15, 0.2) is 0 Å². The molecule has 0 heterocycles. The van der Waals surface area contributed by atoms with Crippen LogP contribution in [-0.2, 0) is 19.5 Å². The Morgan fingerprint density at radius 2 is 1.00 bits per heavy atom. The topological polar surface area (TPSA) is 28.2 Å². The number of hydrogen-bond acceptors (Lipinski definition) is 0. The molecule has 0 amide bonds. The summed E-state index contributed by atoms with van der Waals surface area (Å²) in [4.78, 5) is 0. The Hall–Kier alpha value is 0.543. The van der Waals surface area contributed by atoms with E-state index in [9.17, 15) is 0 Å². The van der Waals surface area contributed by atoms with E-state index in [1.54, 1.807) is 6.92 Å². The van der Waals surface area contributed by atoms with E-state index in [1.165, 1.54) is 0 Å². The molecular formula is C15H33N2Zn-3. The first kappa shape index (κ1) is 23.6. The van der Waals surface area contributed by atoms with E-state index in [1.807, 2.05) is 0 Å².